The summed E-state index contributed by atoms with van der Waals surface area (Å²) >= 11 is 3.33. The quantitative estimate of drug-likeness (QED) is 0.666. The van der Waals surface area contributed by atoms with Crippen LogP contribution in [-0.4, -0.2) is 10.9 Å². The SMILES string of the molecule is Cc1cc(NC(=O)CCc2cccc(N)c2)cnc1Br. The molecule has 0 bridgehead atoms. The zero-order valence-electron chi connectivity index (χ0n) is 11.2. The number of hydrogen-bond donors (Lipinski definition) is 2. The molecule has 2 rings (SSSR count). The molecule has 3 N–H and O–H groups in total. The topological polar surface area (TPSA) is 68.0 Å². The fourth-order valence-corrected chi connectivity index (χ4v) is 2.07. The van der Waals surface area contributed by atoms with E-state index in [2.05, 4.69) is 26.2 Å². The minimum atomic E-state index is -0.0315. The first-order chi connectivity index (χ1) is 9.54. The number of hydrogen-bond acceptors (Lipinski definition) is 3. The van der Waals surface area contributed by atoms with Crippen LogP contribution in [0.5, 0.6) is 0 Å². The molecule has 2 aromatic rings. The maximum absolute atomic E-state index is 11.9. The van der Waals surface area contributed by atoms with Crippen molar-refractivity contribution in [1.29, 1.82) is 0 Å². The molecule has 0 fully saturated rings. The largest absolute Gasteiger partial charge is 0.399 e. The number of nitrogen functional groups attached to an aromatic ring is 1. The van der Waals surface area contributed by atoms with Gasteiger partial charge in [-0.2, -0.15) is 0 Å². The Morgan fingerprint density at radius 2 is 2.20 bits per heavy atom. The van der Waals surface area contributed by atoms with Gasteiger partial charge in [-0.1, -0.05) is 12.1 Å². The second-order valence-electron chi connectivity index (χ2n) is 4.62. The van der Waals surface area contributed by atoms with Gasteiger partial charge in [0, 0.05) is 12.1 Å². The van der Waals surface area contributed by atoms with E-state index in [9.17, 15) is 4.79 Å². The Morgan fingerprint density at radius 3 is 2.90 bits per heavy atom. The monoisotopic (exact) mass is 333 g/mol. The van der Waals surface area contributed by atoms with Gasteiger partial charge in [0.05, 0.1) is 11.9 Å². The Bertz CT molecular complexity index is 628. The number of aromatic nitrogens is 1. The molecule has 0 aliphatic rings. The number of halogens is 1. The van der Waals surface area contributed by atoms with Crippen molar-refractivity contribution < 1.29 is 4.79 Å². The number of nitrogens with one attached hydrogen (secondary N) is 1. The highest BCUT2D eigenvalue weighted by molar-refractivity contribution is 9.10. The van der Waals surface area contributed by atoms with Gasteiger partial charge in [0.1, 0.15) is 4.60 Å². The molecule has 0 aliphatic carbocycles. The lowest BCUT2D eigenvalue weighted by Crippen LogP contribution is -2.12. The van der Waals surface area contributed by atoms with E-state index in [0.717, 1.165) is 21.4 Å². The van der Waals surface area contributed by atoms with Crippen LogP contribution >= 0.6 is 15.9 Å². The van der Waals surface area contributed by atoms with Crippen LogP contribution in [-0.2, 0) is 11.2 Å². The number of nitrogens with zero attached hydrogens (tertiary/aromatic N) is 1. The number of anilines is 2. The third-order valence-electron chi connectivity index (χ3n) is 2.89. The van der Waals surface area contributed by atoms with Crippen molar-refractivity contribution in [1.82, 2.24) is 4.98 Å². The average molecular weight is 334 g/mol. The molecule has 0 atom stereocenters. The molecule has 0 spiro atoms. The van der Waals surface area contributed by atoms with E-state index in [0.29, 0.717) is 18.5 Å². The third-order valence-corrected chi connectivity index (χ3v) is 3.72. The zero-order valence-corrected chi connectivity index (χ0v) is 12.8. The minimum Gasteiger partial charge on any atom is -0.399 e. The van der Waals surface area contributed by atoms with Crippen LogP contribution in [0, 0.1) is 6.92 Å². The Hall–Kier alpha value is -1.88. The fraction of sp³-hybridized carbons (Fsp3) is 0.200. The summed E-state index contributed by atoms with van der Waals surface area (Å²) in [6.45, 7) is 1.93. The van der Waals surface area contributed by atoms with Crippen LogP contribution in [0.15, 0.2) is 41.1 Å². The van der Waals surface area contributed by atoms with E-state index in [4.69, 9.17) is 5.73 Å². The molecular weight excluding hydrogens is 318 g/mol. The standard InChI is InChI=1S/C15H16BrN3O/c1-10-7-13(9-18-15(10)16)19-14(20)6-5-11-3-2-4-12(17)8-11/h2-4,7-9H,5-6,17H2,1H3,(H,19,20). The molecule has 0 unspecified atom stereocenters. The van der Waals surface area contributed by atoms with Gasteiger partial charge in [-0.25, -0.2) is 4.98 Å². The Labute approximate surface area is 126 Å². The number of pyridine rings is 1. The first-order valence-electron chi connectivity index (χ1n) is 6.31. The van der Waals surface area contributed by atoms with Gasteiger partial charge in [0.15, 0.2) is 0 Å². The van der Waals surface area contributed by atoms with Crippen molar-refractivity contribution >= 4 is 33.2 Å². The first-order valence-corrected chi connectivity index (χ1v) is 7.10. The summed E-state index contributed by atoms with van der Waals surface area (Å²) < 4.78 is 0.787. The summed E-state index contributed by atoms with van der Waals surface area (Å²) in [4.78, 5) is 16.0. The van der Waals surface area contributed by atoms with Crippen molar-refractivity contribution in [2.75, 3.05) is 11.1 Å². The van der Waals surface area contributed by atoms with Crippen molar-refractivity contribution in [3.8, 4) is 0 Å². The molecule has 5 heteroatoms. The van der Waals surface area contributed by atoms with Crippen molar-refractivity contribution in [3.05, 3.63) is 52.3 Å². The maximum Gasteiger partial charge on any atom is 0.224 e. The zero-order chi connectivity index (χ0) is 14.5. The van der Waals surface area contributed by atoms with Gasteiger partial charge in [-0.05, 0) is 58.6 Å². The normalized spacial score (nSPS) is 10.3. The van der Waals surface area contributed by atoms with Crippen LogP contribution < -0.4 is 11.1 Å². The summed E-state index contributed by atoms with van der Waals surface area (Å²) in [6.07, 6.45) is 2.72. The minimum absolute atomic E-state index is 0.0315. The second-order valence-corrected chi connectivity index (χ2v) is 5.38. The first kappa shape index (κ1) is 14.5. The molecular formula is C15H16BrN3O. The van der Waals surface area contributed by atoms with Gasteiger partial charge in [-0.15, -0.1) is 0 Å². The summed E-state index contributed by atoms with van der Waals surface area (Å²) in [5, 5.41) is 2.84. The van der Waals surface area contributed by atoms with Crippen LogP contribution in [0.1, 0.15) is 17.5 Å². The number of carbonyl (C=O) groups excluding carboxylic acids is 1. The molecule has 1 aromatic heterocycles. The van der Waals surface area contributed by atoms with E-state index < -0.39 is 0 Å². The Morgan fingerprint density at radius 1 is 1.40 bits per heavy atom. The van der Waals surface area contributed by atoms with Gasteiger partial charge >= 0.3 is 0 Å². The number of aryl methyl sites for hydroxylation is 2. The van der Waals surface area contributed by atoms with Crippen LogP contribution in [0.25, 0.3) is 0 Å². The molecule has 1 amide bonds. The lowest BCUT2D eigenvalue weighted by molar-refractivity contribution is -0.116. The average Bonchev–Trinajstić information content (AvgIpc) is 2.41. The summed E-state index contributed by atoms with van der Waals surface area (Å²) in [7, 11) is 0. The maximum atomic E-state index is 11.9. The highest BCUT2D eigenvalue weighted by atomic mass is 79.9. The number of nitrogens with two attached hydrogens (primary N) is 1. The summed E-state index contributed by atoms with van der Waals surface area (Å²) in [5.74, 6) is -0.0315. The molecule has 0 saturated carbocycles. The molecule has 0 radical (unpaired) electrons. The molecule has 1 aromatic carbocycles. The van der Waals surface area contributed by atoms with Crippen LogP contribution in [0.3, 0.4) is 0 Å². The lowest BCUT2D eigenvalue weighted by atomic mass is 10.1. The molecule has 0 aliphatic heterocycles. The van der Waals surface area contributed by atoms with E-state index in [-0.39, 0.29) is 5.91 Å². The highest BCUT2D eigenvalue weighted by Crippen LogP contribution is 2.17. The van der Waals surface area contributed by atoms with Gasteiger partial charge in [0.25, 0.3) is 0 Å². The smallest absolute Gasteiger partial charge is 0.224 e. The fourth-order valence-electron chi connectivity index (χ4n) is 1.86. The van der Waals surface area contributed by atoms with E-state index >= 15 is 0 Å². The van der Waals surface area contributed by atoms with Crippen molar-refractivity contribution in [3.63, 3.8) is 0 Å². The Kier molecular flexibility index (Phi) is 4.74. The predicted molar refractivity (Wildman–Crippen MR) is 84.5 cm³/mol. The van der Waals surface area contributed by atoms with E-state index in [1.165, 1.54) is 0 Å². The Balaban J connectivity index is 1.91. The number of amides is 1. The summed E-state index contributed by atoms with van der Waals surface area (Å²) in [5.41, 5.74) is 9.18. The summed E-state index contributed by atoms with van der Waals surface area (Å²) in [6, 6.07) is 9.47. The number of carbonyl (C=O) groups is 1. The van der Waals surface area contributed by atoms with E-state index in [1.54, 1.807) is 6.20 Å². The van der Waals surface area contributed by atoms with Gasteiger partial charge < -0.3 is 11.1 Å². The second kappa shape index (κ2) is 6.52. The van der Waals surface area contributed by atoms with E-state index in [1.807, 2.05) is 37.3 Å². The molecule has 104 valence electrons. The molecule has 20 heavy (non-hydrogen) atoms. The molecule has 4 nitrogen and oxygen atoms in total. The van der Waals surface area contributed by atoms with Crippen molar-refractivity contribution in [2.45, 2.75) is 19.8 Å². The molecule has 1 heterocycles. The molecule has 0 saturated heterocycles. The third kappa shape index (κ3) is 4.06. The van der Waals surface area contributed by atoms with Gasteiger partial charge in [-0.3, -0.25) is 4.79 Å². The lowest BCUT2D eigenvalue weighted by Gasteiger charge is -2.07. The van der Waals surface area contributed by atoms with Crippen LogP contribution in [0.2, 0.25) is 0 Å². The number of benzene rings is 1. The number of rotatable bonds is 4. The van der Waals surface area contributed by atoms with Crippen LogP contribution in [0.4, 0.5) is 11.4 Å². The highest BCUT2D eigenvalue weighted by Gasteiger charge is 2.05. The predicted octanol–water partition coefficient (Wildman–Crippen LogP) is 3.31. The van der Waals surface area contributed by atoms with Gasteiger partial charge in [0.2, 0.25) is 5.91 Å². The van der Waals surface area contributed by atoms with Crippen molar-refractivity contribution in [2.24, 2.45) is 0 Å².